The van der Waals surface area contributed by atoms with Gasteiger partial charge in [0.15, 0.2) is 0 Å². The Morgan fingerprint density at radius 1 is 1.16 bits per heavy atom. The van der Waals surface area contributed by atoms with Gasteiger partial charge in [-0.15, -0.1) is 0 Å². The number of nitrogens with one attached hydrogen (secondary N) is 1. The van der Waals surface area contributed by atoms with Crippen LogP contribution in [0.3, 0.4) is 0 Å². The molecule has 2 rings (SSSR count). The van der Waals surface area contributed by atoms with E-state index in [0.29, 0.717) is 29.3 Å². The second-order valence-electron chi connectivity index (χ2n) is 5.21. The molecule has 6 heteroatoms. The Morgan fingerprint density at radius 2 is 1.84 bits per heavy atom. The Bertz CT molecular complexity index is 812. The second-order valence-corrected chi connectivity index (χ2v) is 5.21. The number of hydrogen-bond acceptors (Lipinski definition) is 4. The average Bonchev–Trinajstić information content (AvgIpc) is 2.61. The zero-order valence-electron chi connectivity index (χ0n) is 14.2. The summed E-state index contributed by atoms with van der Waals surface area (Å²) in [6.07, 6.45) is 0. The number of hydrogen-bond donors (Lipinski definition) is 1. The molecule has 6 nitrogen and oxygen atoms in total. The molecule has 0 bridgehead atoms. The monoisotopic (exact) mass is 337 g/mol. The molecule has 0 aliphatic heterocycles. The van der Waals surface area contributed by atoms with Crippen LogP contribution in [0.4, 0.5) is 11.4 Å². The number of para-hydroxylation sites is 3. The first-order valence-corrected chi connectivity index (χ1v) is 7.85. The van der Waals surface area contributed by atoms with E-state index in [0.717, 1.165) is 0 Å². The van der Waals surface area contributed by atoms with Crippen LogP contribution in [0.25, 0.3) is 0 Å². The molecule has 0 atom stereocenters. The Hall–Kier alpha value is -3.33. The fraction of sp³-hybridized carbons (Fsp3) is 0.211. The van der Waals surface area contributed by atoms with Gasteiger partial charge in [0.05, 0.1) is 23.5 Å². The number of ether oxygens (including phenoxy) is 1. The van der Waals surface area contributed by atoms with Crippen LogP contribution in [0.2, 0.25) is 0 Å². The Morgan fingerprint density at radius 3 is 2.52 bits per heavy atom. The number of nitriles is 1. The molecular formula is C19H19N3O3. The summed E-state index contributed by atoms with van der Waals surface area (Å²) in [4.78, 5) is 25.7. The fourth-order valence-corrected chi connectivity index (χ4v) is 2.35. The van der Waals surface area contributed by atoms with Crippen molar-refractivity contribution in [3.63, 3.8) is 0 Å². The standard InChI is InChI=1S/C19H19N3O3/c1-3-25-18-11-7-5-9-16(18)21-19(24)13-22(14(2)23)17-10-6-4-8-15(17)12-20/h4-11H,3,13H2,1-2H3,(H,21,24). The first-order chi connectivity index (χ1) is 12.1. The van der Waals surface area contributed by atoms with Crippen molar-refractivity contribution in [2.45, 2.75) is 13.8 Å². The fourth-order valence-electron chi connectivity index (χ4n) is 2.35. The van der Waals surface area contributed by atoms with Crippen LogP contribution < -0.4 is 15.0 Å². The molecule has 25 heavy (non-hydrogen) atoms. The molecule has 0 aliphatic rings. The normalized spacial score (nSPS) is 9.80. The molecule has 0 aliphatic carbocycles. The highest BCUT2D eigenvalue weighted by Crippen LogP contribution is 2.24. The molecule has 0 unspecified atom stereocenters. The summed E-state index contributed by atoms with van der Waals surface area (Å²) in [6, 6.07) is 15.8. The number of anilines is 2. The van der Waals surface area contributed by atoms with Gasteiger partial charge in [-0.3, -0.25) is 9.59 Å². The summed E-state index contributed by atoms with van der Waals surface area (Å²) in [5.41, 5.74) is 1.28. The number of carbonyl (C=O) groups is 2. The lowest BCUT2D eigenvalue weighted by atomic mass is 10.1. The van der Waals surface area contributed by atoms with E-state index in [2.05, 4.69) is 5.32 Å². The smallest absolute Gasteiger partial charge is 0.244 e. The third-order valence-corrected chi connectivity index (χ3v) is 3.46. The molecule has 1 N–H and O–H groups in total. The van der Waals surface area contributed by atoms with Crippen molar-refractivity contribution >= 4 is 23.2 Å². The van der Waals surface area contributed by atoms with Gasteiger partial charge in [0, 0.05) is 6.92 Å². The van der Waals surface area contributed by atoms with E-state index >= 15 is 0 Å². The Kier molecular flexibility index (Phi) is 6.13. The first-order valence-electron chi connectivity index (χ1n) is 7.85. The van der Waals surface area contributed by atoms with Crippen LogP contribution in [0.15, 0.2) is 48.5 Å². The van der Waals surface area contributed by atoms with Crippen molar-refractivity contribution in [3.8, 4) is 11.8 Å². The molecule has 0 heterocycles. The van der Waals surface area contributed by atoms with Crippen LogP contribution in [-0.2, 0) is 9.59 Å². The molecule has 0 spiro atoms. The van der Waals surface area contributed by atoms with Gasteiger partial charge in [-0.2, -0.15) is 5.26 Å². The van der Waals surface area contributed by atoms with Gasteiger partial charge in [-0.25, -0.2) is 0 Å². The topological polar surface area (TPSA) is 82.4 Å². The minimum Gasteiger partial charge on any atom is -0.492 e. The summed E-state index contributed by atoms with van der Waals surface area (Å²) >= 11 is 0. The van der Waals surface area contributed by atoms with Gasteiger partial charge in [-0.05, 0) is 31.2 Å². The second kappa shape index (κ2) is 8.50. The van der Waals surface area contributed by atoms with Gasteiger partial charge in [0.1, 0.15) is 18.4 Å². The molecule has 2 aromatic carbocycles. The van der Waals surface area contributed by atoms with Crippen molar-refractivity contribution in [1.29, 1.82) is 5.26 Å². The highest BCUT2D eigenvalue weighted by atomic mass is 16.5. The molecule has 128 valence electrons. The van der Waals surface area contributed by atoms with Gasteiger partial charge < -0.3 is 15.0 Å². The summed E-state index contributed by atoms with van der Waals surface area (Å²) in [5.74, 6) is -0.142. The predicted octanol–water partition coefficient (Wildman–Crippen LogP) is 2.95. The Labute approximate surface area is 146 Å². The maximum Gasteiger partial charge on any atom is 0.244 e. The third-order valence-electron chi connectivity index (χ3n) is 3.46. The number of amides is 2. The molecule has 0 aromatic heterocycles. The average molecular weight is 337 g/mol. The SMILES string of the molecule is CCOc1ccccc1NC(=O)CN(C(C)=O)c1ccccc1C#N. The molecule has 0 fully saturated rings. The highest BCUT2D eigenvalue weighted by molar-refractivity contribution is 6.02. The number of carbonyl (C=O) groups excluding carboxylic acids is 2. The number of rotatable bonds is 6. The summed E-state index contributed by atoms with van der Waals surface area (Å²) in [6.45, 7) is 3.49. The third kappa shape index (κ3) is 4.58. The highest BCUT2D eigenvalue weighted by Gasteiger charge is 2.19. The van der Waals surface area contributed by atoms with E-state index in [4.69, 9.17) is 4.74 Å². The van der Waals surface area contributed by atoms with E-state index in [1.807, 2.05) is 19.1 Å². The Balaban J connectivity index is 2.20. The van der Waals surface area contributed by atoms with Gasteiger partial charge in [0.25, 0.3) is 0 Å². The number of nitrogens with zero attached hydrogens (tertiary/aromatic N) is 2. The van der Waals surface area contributed by atoms with E-state index in [-0.39, 0.29) is 18.4 Å². The van der Waals surface area contributed by atoms with Crippen molar-refractivity contribution in [2.75, 3.05) is 23.4 Å². The van der Waals surface area contributed by atoms with Crippen LogP contribution >= 0.6 is 0 Å². The molecule has 0 saturated carbocycles. The maximum atomic E-state index is 12.4. The first kappa shape index (κ1) is 18.0. The van der Waals surface area contributed by atoms with Crippen LogP contribution in [-0.4, -0.2) is 25.0 Å². The lowest BCUT2D eigenvalue weighted by Gasteiger charge is -2.22. The van der Waals surface area contributed by atoms with E-state index < -0.39 is 0 Å². The summed E-state index contributed by atoms with van der Waals surface area (Å²) < 4.78 is 5.47. The molecule has 0 radical (unpaired) electrons. The minimum atomic E-state index is -0.380. The quantitative estimate of drug-likeness (QED) is 0.878. The molecule has 2 aromatic rings. The lowest BCUT2D eigenvalue weighted by molar-refractivity contribution is -0.120. The number of benzene rings is 2. The van der Waals surface area contributed by atoms with Crippen LogP contribution in [0.1, 0.15) is 19.4 Å². The van der Waals surface area contributed by atoms with Crippen molar-refractivity contribution in [2.24, 2.45) is 0 Å². The van der Waals surface area contributed by atoms with Crippen molar-refractivity contribution in [1.82, 2.24) is 0 Å². The van der Waals surface area contributed by atoms with Crippen LogP contribution in [0.5, 0.6) is 5.75 Å². The molecule has 0 saturated heterocycles. The lowest BCUT2D eigenvalue weighted by Crippen LogP contribution is -2.37. The van der Waals surface area contributed by atoms with Gasteiger partial charge in [-0.1, -0.05) is 24.3 Å². The van der Waals surface area contributed by atoms with Crippen molar-refractivity contribution < 1.29 is 14.3 Å². The zero-order chi connectivity index (χ0) is 18.2. The summed E-state index contributed by atoms with van der Waals surface area (Å²) in [7, 11) is 0. The zero-order valence-corrected chi connectivity index (χ0v) is 14.2. The van der Waals surface area contributed by atoms with E-state index in [9.17, 15) is 14.9 Å². The van der Waals surface area contributed by atoms with Crippen molar-refractivity contribution in [3.05, 3.63) is 54.1 Å². The largest absolute Gasteiger partial charge is 0.492 e. The van der Waals surface area contributed by atoms with E-state index in [1.165, 1.54) is 11.8 Å². The van der Waals surface area contributed by atoms with Gasteiger partial charge >= 0.3 is 0 Å². The molecular weight excluding hydrogens is 318 g/mol. The molecule has 2 amide bonds. The maximum absolute atomic E-state index is 12.4. The minimum absolute atomic E-state index is 0.200. The predicted molar refractivity (Wildman–Crippen MR) is 95.4 cm³/mol. The van der Waals surface area contributed by atoms with Gasteiger partial charge in [0.2, 0.25) is 11.8 Å². The summed E-state index contributed by atoms with van der Waals surface area (Å²) in [5, 5.41) is 12.0. The van der Waals surface area contributed by atoms with E-state index in [1.54, 1.807) is 42.5 Å². The van der Waals surface area contributed by atoms with Crippen LogP contribution in [0, 0.1) is 11.3 Å².